The van der Waals surface area contributed by atoms with Crippen molar-refractivity contribution in [3.63, 3.8) is 0 Å². The molecule has 0 saturated heterocycles. The minimum atomic E-state index is -1.09. The predicted molar refractivity (Wildman–Crippen MR) is 79.8 cm³/mol. The van der Waals surface area contributed by atoms with E-state index >= 15 is 0 Å². The van der Waals surface area contributed by atoms with Crippen LogP contribution in [0.2, 0.25) is 0 Å². The van der Waals surface area contributed by atoms with Crippen LogP contribution in [-0.2, 0) is 11.2 Å². The van der Waals surface area contributed by atoms with Crippen LogP contribution in [0.4, 0.5) is 10.1 Å². The third-order valence-electron chi connectivity index (χ3n) is 2.68. The molecule has 1 amide bonds. The lowest BCUT2D eigenvalue weighted by Crippen LogP contribution is -2.15. The Kier molecular flexibility index (Phi) is 4.70. The number of benzene rings is 2. The van der Waals surface area contributed by atoms with Crippen molar-refractivity contribution < 1.29 is 19.1 Å². The van der Waals surface area contributed by atoms with E-state index in [4.69, 9.17) is 5.11 Å². The molecular weight excluding hydrogens is 341 g/mol. The normalized spacial score (nSPS) is 10.2. The largest absolute Gasteiger partial charge is 0.478 e. The van der Waals surface area contributed by atoms with Gasteiger partial charge < -0.3 is 10.4 Å². The summed E-state index contributed by atoms with van der Waals surface area (Å²) in [6.45, 7) is 0. The number of amides is 1. The van der Waals surface area contributed by atoms with Crippen molar-refractivity contribution in [2.45, 2.75) is 6.42 Å². The zero-order valence-corrected chi connectivity index (χ0v) is 12.4. The molecule has 21 heavy (non-hydrogen) atoms. The average Bonchev–Trinajstić information content (AvgIpc) is 2.37. The lowest BCUT2D eigenvalue weighted by molar-refractivity contribution is -0.115. The summed E-state index contributed by atoms with van der Waals surface area (Å²) in [5, 5.41) is 11.5. The van der Waals surface area contributed by atoms with Crippen LogP contribution in [0.3, 0.4) is 0 Å². The van der Waals surface area contributed by atoms with Gasteiger partial charge in [0.2, 0.25) is 5.91 Å². The quantitative estimate of drug-likeness (QED) is 0.886. The molecule has 0 aliphatic rings. The molecule has 2 aromatic carbocycles. The first-order valence-corrected chi connectivity index (χ1v) is 6.81. The fourth-order valence-electron chi connectivity index (χ4n) is 1.82. The summed E-state index contributed by atoms with van der Waals surface area (Å²) in [6.07, 6.45) is 0.00663. The van der Waals surface area contributed by atoms with Gasteiger partial charge in [-0.25, -0.2) is 9.18 Å². The summed E-state index contributed by atoms with van der Waals surface area (Å²) >= 11 is 3.18. The maximum atomic E-state index is 13.0. The fraction of sp³-hybridized carbons (Fsp3) is 0.0667. The molecule has 0 spiro atoms. The van der Waals surface area contributed by atoms with E-state index in [1.165, 1.54) is 30.3 Å². The third kappa shape index (κ3) is 4.39. The number of carbonyl (C=O) groups is 2. The maximum Gasteiger partial charge on any atom is 0.335 e. The number of rotatable bonds is 4. The van der Waals surface area contributed by atoms with Crippen LogP contribution in [0.1, 0.15) is 15.9 Å². The summed E-state index contributed by atoms with van der Waals surface area (Å²) < 4.78 is 13.6. The van der Waals surface area contributed by atoms with Crippen molar-refractivity contribution >= 4 is 33.5 Å². The van der Waals surface area contributed by atoms with E-state index in [1.807, 2.05) is 0 Å². The van der Waals surface area contributed by atoms with Crippen LogP contribution in [0, 0.1) is 5.82 Å². The van der Waals surface area contributed by atoms with Crippen molar-refractivity contribution in [1.82, 2.24) is 0 Å². The van der Waals surface area contributed by atoms with Gasteiger partial charge in [-0.1, -0.05) is 28.1 Å². The van der Waals surface area contributed by atoms with Crippen LogP contribution in [-0.4, -0.2) is 17.0 Å². The number of carboxylic acids is 1. The summed E-state index contributed by atoms with van der Waals surface area (Å²) in [5.41, 5.74) is 0.967. The minimum Gasteiger partial charge on any atom is -0.478 e. The number of aromatic carboxylic acids is 1. The highest BCUT2D eigenvalue weighted by molar-refractivity contribution is 9.10. The van der Waals surface area contributed by atoms with Crippen LogP contribution in [0.25, 0.3) is 0 Å². The van der Waals surface area contributed by atoms with Crippen molar-refractivity contribution in [3.8, 4) is 0 Å². The molecule has 0 unspecified atom stereocenters. The minimum absolute atomic E-state index is 0.00663. The zero-order chi connectivity index (χ0) is 15.4. The highest BCUT2D eigenvalue weighted by Crippen LogP contribution is 2.20. The van der Waals surface area contributed by atoms with Crippen LogP contribution in [0.5, 0.6) is 0 Å². The number of carboxylic acid groups (broad SMARTS) is 1. The van der Waals surface area contributed by atoms with Crippen LogP contribution in [0.15, 0.2) is 46.9 Å². The molecule has 108 valence electrons. The molecule has 6 heteroatoms. The number of carbonyl (C=O) groups excluding carboxylic acids is 1. The van der Waals surface area contributed by atoms with Gasteiger partial charge >= 0.3 is 5.97 Å². The lowest BCUT2D eigenvalue weighted by Gasteiger charge is -2.07. The Morgan fingerprint density at radius 1 is 1.19 bits per heavy atom. The van der Waals surface area contributed by atoms with Gasteiger partial charge in [0.15, 0.2) is 0 Å². The topological polar surface area (TPSA) is 66.4 Å². The summed E-state index contributed by atoms with van der Waals surface area (Å²) in [7, 11) is 0. The second-order valence-corrected chi connectivity index (χ2v) is 5.30. The number of nitrogens with one attached hydrogen (secondary N) is 1. The number of hydrogen-bond acceptors (Lipinski definition) is 2. The first-order chi connectivity index (χ1) is 9.94. The van der Waals surface area contributed by atoms with E-state index in [9.17, 15) is 14.0 Å². The molecule has 0 aromatic heterocycles. The van der Waals surface area contributed by atoms with E-state index in [1.54, 1.807) is 12.1 Å². The standard InChI is InChI=1S/C15H11BrFNO3/c16-11-6-10(15(20)21)7-13(8-11)18-14(19)5-9-2-1-3-12(17)4-9/h1-4,6-8H,5H2,(H,18,19)(H,20,21). The van der Waals surface area contributed by atoms with Gasteiger partial charge in [-0.2, -0.15) is 0 Å². The summed E-state index contributed by atoms with van der Waals surface area (Å²) in [5.74, 6) is -1.84. The maximum absolute atomic E-state index is 13.0. The highest BCUT2D eigenvalue weighted by atomic mass is 79.9. The van der Waals surface area contributed by atoms with Gasteiger partial charge in [0, 0.05) is 10.2 Å². The molecular formula is C15H11BrFNO3. The second kappa shape index (κ2) is 6.49. The first-order valence-electron chi connectivity index (χ1n) is 6.02. The van der Waals surface area contributed by atoms with E-state index < -0.39 is 11.8 Å². The van der Waals surface area contributed by atoms with Crippen molar-refractivity contribution in [3.05, 3.63) is 63.9 Å². The monoisotopic (exact) mass is 351 g/mol. The summed E-state index contributed by atoms with van der Waals surface area (Å²) in [6, 6.07) is 10.1. The molecule has 0 aliphatic carbocycles. The molecule has 0 aliphatic heterocycles. The molecule has 4 nitrogen and oxygen atoms in total. The van der Waals surface area contributed by atoms with E-state index in [2.05, 4.69) is 21.2 Å². The Bertz CT molecular complexity index is 703. The van der Waals surface area contributed by atoms with Crippen molar-refractivity contribution in [2.75, 3.05) is 5.32 Å². The first kappa shape index (κ1) is 15.2. The average molecular weight is 352 g/mol. The molecule has 2 aromatic rings. The Morgan fingerprint density at radius 3 is 2.62 bits per heavy atom. The number of hydrogen-bond donors (Lipinski definition) is 2. The highest BCUT2D eigenvalue weighted by Gasteiger charge is 2.09. The molecule has 0 radical (unpaired) electrons. The van der Waals surface area contributed by atoms with E-state index in [-0.39, 0.29) is 17.9 Å². The van der Waals surface area contributed by atoms with Gasteiger partial charge in [0.05, 0.1) is 12.0 Å². The van der Waals surface area contributed by atoms with Gasteiger partial charge in [-0.05, 0) is 35.9 Å². The fourth-order valence-corrected chi connectivity index (χ4v) is 2.32. The van der Waals surface area contributed by atoms with Gasteiger partial charge in [-0.15, -0.1) is 0 Å². The van der Waals surface area contributed by atoms with Crippen molar-refractivity contribution in [2.24, 2.45) is 0 Å². The lowest BCUT2D eigenvalue weighted by atomic mass is 10.1. The van der Waals surface area contributed by atoms with Crippen LogP contribution < -0.4 is 5.32 Å². The van der Waals surface area contributed by atoms with Gasteiger partial charge in [-0.3, -0.25) is 4.79 Å². The SMILES string of the molecule is O=C(Cc1cccc(F)c1)Nc1cc(Br)cc(C(=O)O)c1. The molecule has 0 atom stereocenters. The Balaban J connectivity index is 2.11. The molecule has 0 bridgehead atoms. The molecule has 2 N–H and O–H groups in total. The molecule has 0 fully saturated rings. The third-order valence-corrected chi connectivity index (χ3v) is 3.14. The second-order valence-electron chi connectivity index (χ2n) is 4.39. The number of halogens is 2. The zero-order valence-electron chi connectivity index (χ0n) is 10.8. The molecule has 0 heterocycles. The number of anilines is 1. The van der Waals surface area contributed by atoms with Crippen LogP contribution >= 0.6 is 15.9 Å². The molecule has 0 saturated carbocycles. The van der Waals surface area contributed by atoms with Gasteiger partial charge in [0.25, 0.3) is 0 Å². The predicted octanol–water partition coefficient (Wildman–Crippen LogP) is 3.47. The van der Waals surface area contributed by atoms with Crippen molar-refractivity contribution in [1.29, 1.82) is 0 Å². The smallest absolute Gasteiger partial charge is 0.335 e. The van der Waals surface area contributed by atoms with E-state index in [0.717, 1.165) is 0 Å². The molecule has 2 rings (SSSR count). The van der Waals surface area contributed by atoms with E-state index in [0.29, 0.717) is 15.7 Å². The Labute approximate surface area is 128 Å². The van der Waals surface area contributed by atoms with Gasteiger partial charge in [0.1, 0.15) is 5.82 Å². The summed E-state index contributed by atoms with van der Waals surface area (Å²) in [4.78, 5) is 22.8. The Morgan fingerprint density at radius 2 is 1.95 bits per heavy atom. The Hall–Kier alpha value is -2.21.